The van der Waals surface area contributed by atoms with Crippen LogP contribution in [-0.2, 0) is 4.79 Å². The average Bonchev–Trinajstić information content (AvgIpc) is 3.50. The van der Waals surface area contributed by atoms with Gasteiger partial charge in [-0.1, -0.05) is 41.1 Å². The second kappa shape index (κ2) is 10.7. The number of benzene rings is 1. The SMILES string of the molecule is Cc1ccc(-c2ccc3c(C4CN(C(=O)c5ccc(C)o5)CCN4C)nnn3c2)cc1.O=C(O)C(F)(F)F. The zero-order valence-corrected chi connectivity index (χ0v) is 20.9. The Morgan fingerprint density at radius 1 is 1.00 bits per heavy atom. The van der Waals surface area contributed by atoms with Gasteiger partial charge in [0.15, 0.2) is 5.76 Å². The van der Waals surface area contributed by atoms with Crippen molar-refractivity contribution in [2.45, 2.75) is 26.1 Å². The summed E-state index contributed by atoms with van der Waals surface area (Å²) in [6.07, 6.45) is -3.08. The van der Waals surface area contributed by atoms with Crippen LogP contribution < -0.4 is 0 Å². The zero-order valence-electron chi connectivity index (χ0n) is 20.9. The smallest absolute Gasteiger partial charge is 0.475 e. The normalized spacial score (nSPS) is 16.3. The van der Waals surface area contributed by atoms with Gasteiger partial charge in [-0.15, -0.1) is 5.10 Å². The van der Waals surface area contributed by atoms with Gasteiger partial charge in [0.05, 0.1) is 11.6 Å². The summed E-state index contributed by atoms with van der Waals surface area (Å²) in [6.45, 7) is 5.89. The lowest BCUT2D eigenvalue weighted by Crippen LogP contribution is -2.49. The highest BCUT2D eigenvalue weighted by Crippen LogP contribution is 2.28. The van der Waals surface area contributed by atoms with E-state index in [4.69, 9.17) is 14.3 Å². The van der Waals surface area contributed by atoms with Gasteiger partial charge in [0, 0.05) is 31.4 Å². The van der Waals surface area contributed by atoms with Crippen LogP contribution in [0.25, 0.3) is 16.6 Å². The van der Waals surface area contributed by atoms with Crippen molar-refractivity contribution < 1.29 is 32.3 Å². The van der Waals surface area contributed by atoms with Crippen molar-refractivity contribution in [3.05, 3.63) is 77.5 Å². The van der Waals surface area contributed by atoms with Crippen molar-refractivity contribution in [1.82, 2.24) is 24.6 Å². The molecule has 1 aliphatic heterocycles. The number of carbonyl (C=O) groups excluding carboxylic acids is 1. The molecule has 1 saturated heterocycles. The number of aryl methyl sites for hydroxylation is 2. The summed E-state index contributed by atoms with van der Waals surface area (Å²) in [5.41, 5.74) is 5.30. The van der Waals surface area contributed by atoms with E-state index < -0.39 is 12.1 Å². The molecule has 1 N–H and O–H groups in total. The predicted octanol–water partition coefficient (Wildman–Crippen LogP) is 4.37. The fourth-order valence-corrected chi connectivity index (χ4v) is 4.13. The van der Waals surface area contributed by atoms with Crippen molar-refractivity contribution in [2.75, 3.05) is 26.7 Å². The van der Waals surface area contributed by atoms with Crippen LogP contribution in [0.5, 0.6) is 0 Å². The quantitative estimate of drug-likeness (QED) is 0.420. The van der Waals surface area contributed by atoms with Gasteiger partial charge in [-0.2, -0.15) is 13.2 Å². The molecule has 9 nitrogen and oxygen atoms in total. The van der Waals surface area contributed by atoms with E-state index in [1.807, 2.05) is 28.6 Å². The number of hydrogen-bond donors (Lipinski definition) is 1. The number of likely N-dealkylation sites (N-methyl/N-ethyl adjacent to an activating group) is 1. The summed E-state index contributed by atoms with van der Waals surface area (Å²) in [7, 11) is 2.06. The molecular formula is C26H26F3N5O4. The number of aliphatic carboxylic acids is 1. The molecule has 1 aliphatic rings. The molecule has 5 rings (SSSR count). The van der Waals surface area contributed by atoms with Crippen molar-refractivity contribution in [1.29, 1.82) is 0 Å². The van der Waals surface area contributed by atoms with Gasteiger partial charge >= 0.3 is 12.1 Å². The maximum atomic E-state index is 12.9. The lowest BCUT2D eigenvalue weighted by atomic mass is 10.0. The minimum Gasteiger partial charge on any atom is -0.475 e. The van der Waals surface area contributed by atoms with Crippen molar-refractivity contribution in [3.63, 3.8) is 0 Å². The maximum absolute atomic E-state index is 12.9. The Morgan fingerprint density at radius 3 is 2.26 bits per heavy atom. The summed E-state index contributed by atoms with van der Waals surface area (Å²) < 4.78 is 39.1. The number of halogens is 3. The molecule has 1 atom stereocenters. The van der Waals surface area contributed by atoms with Gasteiger partial charge in [-0.25, -0.2) is 9.31 Å². The number of nitrogens with zero attached hydrogens (tertiary/aromatic N) is 5. The number of furan rings is 1. The van der Waals surface area contributed by atoms with Crippen LogP contribution in [-0.4, -0.2) is 74.5 Å². The minimum absolute atomic E-state index is 0.0310. The van der Waals surface area contributed by atoms with Crippen molar-refractivity contribution in [2.24, 2.45) is 0 Å². The van der Waals surface area contributed by atoms with Crippen LogP contribution in [0.3, 0.4) is 0 Å². The number of carboxylic acids is 1. The fourth-order valence-electron chi connectivity index (χ4n) is 4.13. The van der Waals surface area contributed by atoms with Gasteiger partial charge in [0.1, 0.15) is 11.5 Å². The summed E-state index contributed by atoms with van der Waals surface area (Å²) in [6, 6.07) is 16.1. The third-order valence-corrected chi connectivity index (χ3v) is 6.27. The van der Waals surface area contributed by atoms with Crippen LogP contribution in [0.1, 0.15) is 33.6 Å². The molecule has 3 aromatic heterocycles. The highest BCUT2D eigenvalue weighted by molar-refractivity contribution is 5.91. The first kappa shape index (κ1) is 26.9. The lowest BCUT2D eigenvalue weighted by molar-refractivity contribution is -0.192. The van der Waals surface area contributed by atoms with Crippen LogP contribution in [0.2, 0.25) is 0 Å². The van der Waals surface area contributed by atoms with E-state index in [-0.39, 0.29) is 11.9 Å². The number of rotatable bonds is 3. The highest BCUT2D eigenvalue weighted by Gasteiger charge is 2.38. The van der Waals surface area contributed by atoms with E-state index in [2.05, 4.69) is 65.6 Å². The van der Waals surface area contributed by atoms with Gasteiger partial charge in [-0.3, -0.25) is 9.69 Å². The van der Waals surface area contributed by atoms with E-state index >= 15 is 0 Å². The highest BCUT2D eigenvalue weighted by atomic mass is 19.4. The first-order chi connectivity index (χ1) is 17.9. The largest absolute Gasteiger partial charge is 0.490 e. The molecule has 1 fully saturated rings. The van der Waals surface area contributed by atoms with Gasteiger partial charge in [-0.05, 0) is 44.7 Å². The number of carboxylic acid groups (broad SMARTS) is 1. The lowest BCUT2D eigenvalue weighted by Gasteiger charge is -2.38. The molecule has 1 unspecified atom stereocenters. The first-order valence-electron chi connectivity index (χ1n) is 11.7. The van der Waals surface area contributed by atoms with E-state index in [0.29, 0.717) is 18.8 Å². The van der Waals surface area contributed by atoms with E-state index in [1.165, 1.54) is 5.56 Å². The second-order valence-electron chi connectivity index (χ2n) is 9.05. The Balaban J connectivity index is 0.000000426. The molecule has 38 heavy (non-hydrogen) atoms. The van der Waals surface area contributed by atoms with E-state index in [1.54, 1.807) is 6.07 Å². The van der Waals surface area contributed by atoms with Gasteiger partial charge < -0.3 is 14.4 Å². The third-order valence-electron chi connectivity index (χ3n) is 6.27. The van der Waals surface area contributed by atoms with Gasteiger partial charge in [0.25, 0.3) is 5.91 Å². The molecule has 200 valence electrons. The van der Waals surface area contributed by atoms with E-state index in [0.717, 1.165) is 34.6 Å². The fraction of sp³-hybridized carbons (Fsp3) is 0.308. The Morgan fingerprint density at radius 2 is 1.66 bits per heavy atom. The van der Waals surface area contributed by atoms with Crippen molar-refractivity contribution in [3.8, 4) is 11.1 Å². The number of amides is 1. The number of alkyl halides is 3. The molecule has 0 aliphatic carbocycles. The average molecular weight is 530 g/mol. The molecule has 0 saturated carbocycles. The van der Waals surface area contributed by atoms with Crippen LogP contribution >= 0.6 is 0 Å². The van der Waals surface area contributed by atoms with Crippen LogP contribution in [0.4, 0.5) is 13.2 Å². The molecule has 0 radical (unpaired) electrons. The number of fused-ring (bicyclic) bond motifs is 1. The Kier molecular flexibility index (Phi) is 7.53. The number of carbonyl (C=O) groups is 2. The third kappa shape index (κ3) is 5.86. The summed E-state index contributed by atoms with van der Waals surface area (Å²) >= 11 is 0. The first-order valence-corrected chi connectivity index (χ1v) is 11.7. The molecule has 1 amide bonds. The molecule has 4 aromatic rings. The summed E-state index contributed by atoms with van der Waals surface area (Å²) in [5, 5.41) is 16.0. The topological polar surface area (TPSA) is 104 Å². The predicted molar refractivity (Wildman–Crippen MR) is 132 cm³/mol. The number of aromatic nitrogens is 3. The monoisotopic (exact) mass is 529 g/mol. The van der Waals surface area contributed by atoms with Crippen LogP contribution in [0, 0.1) is 13.8 Å². The van der Waals surface area contributed by atoms with Crippen molar-refractivity contribution >= 4 is 17.4 Å². The minimum atomic E-state index is -5.08. The number of piperazine rings is 1. The Bertz CT molecular complexity index is 1450. The summed E-state index contributed by atoms with van der Waals surface area (Å²) in [4.78, 5) is 25.9. The maximum Gasteiger partial charge on any atom is 0.490 e. The molecule has 0 bridgehead atoms. The van der Waals surface area contributed by atoms with Gasteiger partial charge in [0.2, 0.25) is 0 Å². The second-order valence-corrected chi connectivity index (χ2v) is 9.05. The van der Waals surface area contributed by atoms with Crippen LogP contribution in [0.15, 0.2) is 59.1 Å². The molecule has 4 heterocycles. The van der Waals surface area contributed by atoms with E-state index in [9.17, 15) is 18.0 Å². The standard InChI is InChI=1S/C24H25N5O2.C2HF3O2/c1-16-4-7-18(8-5-16)19-9-10-20-23(25-26-29(20)14-19)21-15-28(13-12-27(21)3)24(30)22-11-6-17(2)31-22;3-2(4,5)1(6)7/h4-11,14,21H,12-13,15H2,1-3H3;(H,6,7). The molecule has 12 heteroatoms. The molecular weight excluding hydrogens is 503 g/mol. The number of pyridine rings is 1. The Labute approximate surface area is 216 Å². The summed E-state index contributed by atoms with van der Waals surface area (Å²) in [5.74, 6) is -1.71. The molecule has 0 spiro atoms. The Hall–Kier alpha value is -4.19. The molecule has 1 aromatic carbocycles. The number of hydrogen-bond acceptors (Lipinski definition) is 6. The zero-order chi connectivity index (χ0) is 27.6.